The first-order valence-electron chi connectivity index (χ1n) is 6.38. The van der Waals surface area contributed by atoms with Crippen molar-refractivity contribution in [2.24, 2.45) is 0 Å². The molecule has 2 rings (SSSR count). The Balaban J connectivity index is 1.80. The first-order chi connectivity index (χ1) is 9.13. The van der Waals surface area contributed by atoms with Gasteiger partial charge in [-0.25, -0.2) is 4.39 Å². The van der Waals surface area contributed by atoms with Gasteiger partial charge in [-0.1, -0.05) is 29.8 Å². The number of halogens is 1. The maximum absolute atomic E-state index is 13.1. The second kappa shape index (κ2) is 6.34. The highest BCUT2D eigenvalue weighted by atomic mass is 19.1. The number of phenolic OH excluding ortho intramolecular Hbond substituents is 1. The predicted octanol–water partition coefficient (Wildman–Crippen LogP) is 3.17. The molecule has 0 saturated heterocycles. The summed E-state index contributed by atoms with van der Waals surface area (Å²) in [4.78, 5) is 0. The highest BCUT2D eigenvalue weighted by Crippen LogP contribution is 2.14. The fraction of sp³-hybridized carbons (Fsp3) is 0.250. The Morgan fingerprint density at radius 3 is 2.68 bits per heavy atom. The molecule has 2 aromatic rings. The average Bonchev–Trinajstić information content (AvgIpc) is 2.34. The van der Waals surface area contributed by atoms with Crippen LogP contribution in [0, 0.1) is 12.7 Å². The van der Waals surface area contributed by atoms with E-state index in [1.807, 2.05) is 0 Å². The van der Waals surface area contributed by atoms with Crippen molar-refractivity contribution in [2.75, 3.05) is 6.54 Å². The van der Waals surface area contributed by atoms with E-state index in [1.54, 1.807) is 6.07 Å². The summed E-state index contributed by atoms with van der Waals surface area (Å²) < 4.78 is 13.1. The minimum Gasteiger partial charge on any atom is -0.508 e. The van der Waals surface area contributed by atoms with Gasteiger partial charge in [-0.2, -0.15) is 0 Å². The molecule has 0 atom stereocenters. The smallest absolute Gasteiger partial charge is 0.127 e. The summed E-state index contributed by atoms with van der Waals surface area (Å²) in [6.07, 6.45) is 0.934. The van der Waals surface area contributed by atoms with Crippen LogP contribution in [0.5, 0.6) is 5.75 Å². The third kappa shape index (κ3) is 4.38. The van der Waals surface area contributed by atoms with E-state index < -0.39 is 5.82 Å². The maximum atomic E-state index is 13.1. The van der Waals surface area contributed by atoms with E-state index in [4.69, 9.17) is 0 Å². The Hall–Kier alpha value is -1.87. The van der Waals surface area contributed by atoms with Crippen molar-refractivity contribution in [3.8, 4) is 5.75 Å². The third-order valence-corrected chi connectivity index (χ3v) is 2.94. The number of benzene rings is 2. The third-order valence-electron chi connectivity index (χ3n) is 2.94. The minimum absolute atomic E-state index is 0.0320. The van der Waals surface area contributed by atoms with Crippen LogP contribution in [0.2, 0.25) is 0 Å². The van der Waals surface area contributed by atoms with Gasteiger partial charge in [0.2, 0.25) is 0 Å². The molecule has 0 aromatic heterocycles. The first-order valence-corrected chi connectivity index (χ1v) is 6.38. The molecule has 2 nitrogen and oxygen atoms in total. The van der Waals surface area contributed by atoms with Crippen LogP contribution in [0.1, 0.15) is 16.7 Å². The van der Waals surface area contributed by atoms with Crippen molar-refractivity contribution in [1.29, 1.82) is 0 Å². The monoisotopic (exact) mass is 259 g/mol. The predicted molar refractivity (Wildman–Crippen MR) is 74.7 cm³/mol. The highest BCUT2D eigenvalue weighted by molar-refractivity contribution is 5.28. The molecule has 0 radical (unpaired) electrons. The van der Waals surface area contributed by atoms with Crippen LogP contribution in [-0.4, -0.2) is 11.7 Å². The number of aryl methyl sites for hydroxylation is 1. The van der Waals surface area contributed by atoms with Crippen molar-refractivity contribution in [3.63, 3.8) is 0 Å². The average molecular weight is 259 g/mol. The zero-order valence-corrected chi connectivity index (χ0v) is 11.0. The first kappa shape index (κ1) is 13.6. The normalized spacial score (nSPS) is 10.6. The van der Waals surface area contributed by atoms with Gasteiger partial charge in [0.25, 0.3) is 0 Å². The molecule has 0 amide bonds. The van der Waals surface area contributed by atoms with Gasteiger partial charge in [-0.3, -0.25) is 0 Å². The molecule has 0 aliphatic carbocycles. The van der Waals surface area contributed by atoms with Crippen LogP contribution in [0.25, 0.3) is 0 Å². The fourth-order valence-electron chi connectivity index (χ4n) is 2.07. The van der Waals surface area contributed by atoms with Gasteiger partial charge in [0, 0.05) is 12.6 Å². The quantitative estimate of drug-likeness (QED) is 0.808. The minimum atomic E-state index is -0.407. The van der Waals surface area contributed by atoms with Crippen molar-refractivity contribution in [1.82, 2.24) is 5.32 Å². The van der Waals surface area contributed by atoms with Crippen molar-refractivity contribution in [3.05, 3.63) is 65.0 Å². The summed E-state index contributed by atoms with van der Waals surface area (Å²) in [6, 6.07) is 12.5. The molecule has 0 heterocycles. The summed E-state index contributed by atoms with van der Waals surface area (Å²) >= 11 is 0. The second-order valence-corrected chi connectivity index (χ2v) is 4.73. The molecule has 3 heteroatoms. The number of nitrogens with one attached hydrogen (secondary N) is 1. The number of hydrogen-bond donors (Lipinski definition) is 2. The van der Waals surface area contributed by atoms with E-state index in [9.17, 15) is 9.50 Å². The van der Waals surface area contributed by atoms with Crippen LogP contribution in [0.15, 0.2) is 42.5 Å². The molecule has 2 aromatic carbocycles. The van der Waals surface area contributed by atoms with Crippen LogP contribution >= 0.6 is 0 Å². The van der Waals surface area contributed by atoms with Gasteiger partial charge in [-0.15, -0.1) is 0 Å². The Morgan fingerprint density at radius 2 is 1.95 bits per heavy atom. The van der Waals surface area contributed by atoms with E-state index in [0.717, 1.165) is 24.6 Å². The lowest BCUT2D eigenvalue weighted by Crippen LogP contribution is -2.16. The van der Waals surface area contributed by atoms with Gasteiger partial charge < -0.3 is 10.4 Å². The lowest BCUT2D eigenvalue weighted by molar-refractivity contribution is 0.467. The van der Waals surface area contributed by atoms with E-state index in [-0.39, 0.29) is 5.75 Å². The van der Waals surface area contributed by atoms with Crippen LogP contribution < -0.4 is 5.32 Å². The Labute approximate surface area is 112 Å². The zero-order valence-electron chi connectivity index (χ0n) is 11.0. The van der Waals surface area contributed by atoms with Gasteiger partial charge in [0.1, 0.15) is 11.6 Å². The summed E-state index contributed by atoms with van der Waals surface area (Å²) in [5.74, 6) is -0.439. The van der Waals surface area contributed by atoms with Crippen LogP contribution in [-0.2, 0) is 13.0 Å². The fourth-order valence-corrected chi connectivity index (χ4v) is 2.07. The summed E-state index contributed by atoms with van der Waals surface area (Å²) in [6.45, 7) is 3.45. The number of rotatable bonds is 5. The number of aromatic hydroxyl groups is 1. The van der Waals surface area contributed by atoms with Gasteiger partial charge in [-0.05, 0) is 43.1 Å². The lowest BCUT2D eigenvalue weighted by Gasteiger charge is -2.06. The summed E-state index contributed by atoms with van der Waals surface area (Å²) in [5, 5.41) is 12.5. The topological polar surface area (TPSA) is 32.3 Å². The summed E-state index contributed by atoms with van der Waals surface area (Å²) in [5.41, 5.74) is 3.30. The van der Waals surface area contributed by atoms with Crippen molar-refractivity contribution in [2.45, 2.75) is 19.9 Å². The number of phenols is 1. The van der Waals surface area contributed by atoms with Gasteiger partial charge >= 0.3 is 0 Å². The molecule has 0 saturated carbocycles. The zero-order chi connectivity index (χ0) is 13.7. The van der Waals surface area contributed by atoms with E-state index in [0.29, 0.717) is 6.54 Å². The standard InChI is InChI=1S/C16H18FNO/c1-12-3-2-4-13(7-12)5-6-18-11-14-8-15(17)10-16(19)9-14/h2-4,7-10,18-19H,5-6,11H2,1H3. The molecular weight excluding hydrogens is 241 g/mol. The SMILES string of the molecule is Cc1cccc(CCNCc2cc(O)cc(F)c2)c1. The molecule has 19 heavy (non-hydrogen) atoms. The Morgan fingerprint density at radius 1 is 1.11 bits per heavy atom. The second-order valence-electron chi connectivity index (χ2n) is 4.73. The molecule has 0 aliphatic heterocycles. The summed E-state index contributed by atoms with van der Waals surface area (Å²) in [7, 11) is 0. The largest absolute Gasteiger partial charge is 0.508 e. The number of hydrogen-bond acceptors (Lipinski definition) is 2. The molecule has 0 bridgehead atoms. The van der Waals surface area contributed by atoms with E-state index in [1.165, 1.54) is 17.2 Å². The van der Waals surface area contributed by atoms with Gasteiger partial charge in [0.15, 0.2) is 0 Å². The van der Waals surface area contributed by atoms with Crippen LogP contribution in [0.3, 0.4) is 0 Å². The van der Waals surface area contributed by atoms with Crippen molar-refractivity contribution >= 4 is 0 Å². The van der Waals surface area contributed by atoms with E-state index >= 15 is 0 Å². The molecule has 0 aliphatic rings. The Bertz CT molecular complexity index is 534. The lowest BCUT2D eigenvalue weighted by atomic mass is 10.1. The van der Waals surface area contributed by atoms with Crippen LogP contribution in [0.4, 0.5) is 4.39 Å². The molecular formula is C16H18FNO. The molecule has 100 valence electrons. The maximum Gasteiger partial charge on any atom is 0.127 e. The molecule has 2 N–H and O–H groups in total. The highest BCUT2D eigenvalue weighted by Gasteiger charge is 2.00. The van der Waals surface area contributed by atoms with Crippen molar-refractivity contribution < 1.29 is 9.50 Å². The van der Waals surface area contributed by atoms with E-state index in [2.05, 4.69) is 36.5 Å². The molecule has 0 unspecified atom stereocenters. The Kier molecular flexibility index (Phi) is 4.53. The molecule has 0 fully saturated rings. The molecule has 0 spiro atoms. The van der Waals surface area contributed by atoms with Gasteiger partial charge in [0.05, 0.1) is 0 Å².